The van der Waals surface area contributed by atoms with Crippen LogP contribution in [0.4, 0.5) is 15.3 Å². The zero-order valence-corrected chi connectivity index (χ0v) is 17.1. The molecule has 1 aromatic carbocycles. The first-order valence-electron chi connectivity index (χ1n) is 8.32. The van der Waals surface area contributed by atoms with E-state index in [9.17, 15) is 14.4 Å². The maximum Gasteiger partial charge on any atom is 0.519 e. The molecule has 0 spiro atoms. The van der Waals surface area contributed by atoms with Crippen molar-refractivity contribution in [2.24, 2.45) is 0 Å². The van der Waals surface area contributed by atoms with Crippen LogP contribution in [0.5, 0.6) is 0 Å². The molecule has 3 N–H and O–H groups in total. The molecule has 0 saturated carbocycles. The van der Waals surface area contributed by atoms with Gasteiger partial charge < -0.3 is 25.1 Å². The highest BCUT2D eigenvalue weighted by atomic mass is 16.8. The molecule has 0 unspecified atom stereocenters. The van der Waals surface area contributed by atoms with Crippen LogP contribution in [0.3, 0.4) is 0 Å². The summed E-state index contributed by atoms with van der Waals surface area (Å²) in [6.07, 6.45) is -1.89. The molecular formula is C19H31NO7. The molecule has 154 valence electrons. The molecule has 0 radical (unpaired) electrons. The Morgan fingerprint density at radius 1 is 0.889 bits per heavy atom. The highest BCUT2D eigenvalue weighted by Gasteiger charge is 2.24. The maximum atomic E-state index is 11.0. The Morgan fingerprint density at radius 2 is 1.22 bits per heavy atom. The highest BCUT2D eigenvalue weighted by molar-refractivity contribution is 5.77. The lowest BCUT2D eigenvalue weighted by Gasteiger charge is -2.20. The van der Waals surface area contributed by atoms with Crippen molar-refractivity contribution in [3.05, 3.63) is 30.3 Å². The van der Waals surface area contributed by atoms with Crippen LogP contribution in [-0.2, 0) is 19.0 Å². The molecule has 0 aliphatic carbocycles. The summed E-state index contributed by atoms with van der Waals surface area (Å²) in [5.41, 5.74) is 4.79. The number of carbonyl (C=O) groups is 3. The van der Waals surface area contributed by atoms with E-state index in [1.807, 2.05) is 30.3 Å². The largest absolute Gasteiger partial charge is 0.519 e. The number of ether oxygens (including phenoxy) is 3. The van der Waals surface area contributed by atoms with Gasteiger partial charge in [-0.2, -0.15) is 0 Å². The molecule has 0 amide bonds. The molecule has 0 saturated heterocycles. The zero-order valence-electron chi connectivity index (χ0n) is 17.1. The monoisotopic (exact) mass is 385 g/mol. The summed E-state index contributed by atoms with van der Waals surface area (Å²) in [6, 6.07) is 9.49. The number of rotatable bonds is 1. The Labute approximate surface area is 160 Å². The van der Waals surface area contributed by atoms with Gasteiger partial charge in [0.05, 0.1) is 0 Å². The normalized spacial score (nSPS) is 10.2. The van der Waals surface area contributed by atoms with Crippen LogP contribution in [0.15, 0.2) is 30.3 Å². The summed E-state index contributed by atoms with van der Waals surface area (Å²) < 4.78 is 13.8. The molecule has 8 heteroatoms. The molecular weight excluding hydrogens is 354 g/mol. The summed E-state index contributed by atoms with van der Waals surface area (Å²) in [7, 11) is 0. The number of anilines is 1. The van der Waals surface area contributed by atoms with Crippen molar-refractivity contribution in [1.29, 1.82) is 0 Å². The fourth-order valence-corrected chi connectivity index (χ4v) is 1.06. The number of para-hydroxylation sites is 1. The number of carboxylic acid groups (broad SMARTS) is 1. The third-order valence-electron chi connectivity index (χ3n) is 2.05. The lowest BCUT2D eigenvalue weighted by Crippen LogP contribution is -2.29. The lowest BCUT2D eigenvalue weighted by atomic mass is 10.2. The van der Waals surface area contributed by atoms with Crippen molar-refractivity contribution < 1.29 is 33.7 Å². The van der Waals surface area contributed by atoms with Gasteiger partial charge in [-0.05, 0) is 53.7 Å². The molecule has 0 aromatic heterocycles. The Hall–Kier alpha value is -2.77. The standard InChI is InChI=1S/C10H18O5.C6H7N.C3H6O2/c1-9(2,3)14-7(11)13-8(12)15-10(4,5)6;7-6-4-2-1-3-5-6;1-2-3(4)5/h1-6H3;1-5H,7H2;2H2,1H3,(H,4,5). The third kappa shape index (κ3) is 23.2. The Bertz CT molecular complexity index is 546. The smallest absolute Gasteiger partial charge is 0.481 e. The first kappa shape index (κ1) is 26.5. The van der Waals surface area contributed by atoms with Gasteiger partial charge in [0, 0.05) is 12.1 Å². The molecule has 0 atom stereocenters. The van der Waals surface area contributed by atoms with Crippen molar-refractivity contribution in [2.45, 2.75) is 66.1 Å². The third-order valence-corrected chi connectivity index (χ3v) is 2.05. The summed E-state index contributed by atoms with van der Waals surface area (Å²) in [6.45, 7) is 11.6. The summed E-state index contributed by atoms with van der Waals surface area (Å²) in [4.78, 5) is 31.4. The number of hydrogen-bond acceptors (Lipinski definition) is 7. The van der Waals surface area contributed by atoms with E-state index in [0.717, 1.165) is 5.69 Å². The van der Waals surface area contributed by atoms with Crippen molar-refractivity contribution in [1.82, 2.24) is 0 Å². The summed E-state index contributed by atoms with van der Waals surface area (Å²) in [5, 5.41) is 7.72. The number of nitrogens with two attached hydrogens (primary N) is 1. The molecule has 0 aliphatic heterocycles. The fourth-order valence-electron chi connectivity index (χ4n) is 1.06. The van der Waals surface area contributed by atoms with Crippen LogP contribution in [0.1, 0.15) is 54.9 Å². The van der Waals surface area contributed by atoms with Crippen LogP contribution < -0.4 is 5.73 Å². The second-order valence-corrected chi connectivity index (χ2v) is 7.19. The van der Waals surface area contributed by atoms with E-state index in [4.69, 9.17) is 20.3 Å². The second-order valence-electron chi connectivity index (χ2n) is 7.19. The van der Waals surface area contributed by atoms with E-state index >= 15 is 0 Å². The number of benzene rings is 1. The first-order valence-corrected chi connectivity index (χ1v) is 8.32. The lowest BCUT2D eigenvalue weighted by molar-refractivity contribution is -0.136. The predicted octanol–water partition coefficient (Wildman–Crippen LogP) is 4.62. The Morgan fingerprint density at radius 3 is 1.41 bits per heavy atom. The van der Waals surface area contributed by atoms with E-state index in [0.29, 0.717) is 0 Å². The van der Waals surface area contributed by atoms with Gasteiger partial charge in [0.25, 0.3) is 0 Å². The zero-order chi connectivity index (χ0) is 21.7. The first-order chi connectivity index (χ1) is 12.2. The molecule has 0 bridgehead atoms. The van der Waals surface area contributed by atoms with Crippen LogP contribution in [0.2, 0.25) is 0 Å². The second kappa shape index (κ2) is 12.6. The fraction of sp³-hybridized carbons (Fsp3) is 0.526. The quantitative estimate of drug-likeness (QED) is 0.407. The molecule has 27 heavy (non-hydrogen) atoms. The molecule has 8 nitrogen and oxygen atoms in total. The van der Waals surface area contributed by atoms with Gasteiger partial charge in [0.2, 0.25) is 0 Å². The van der Waals surface area contributed by atoms with Gasteiger partial charge >= 0.3 is 18.3 Å². The van der Waals surface area contributed by atoms with E-state index < -0.39 is 29.5 Å². The van der Waals surface area contributed by atoms with E-state index in [1.54, 1.807) is 48.5 Å². The summed E-state index contributed by atoms with van der Waals surface area (Å²) >= 11 is 0. The van der Waals surface area contributed by atoms with Crippen LogP contribution in [0.25, 0.3) is 0 Å². The van der Waals surface area contributed by atoms with E-state index in [2.05, 4.69) is 4.74 Å². The minimum atomic E-state index is -1.06. The number of hydrogen-bond donors (Lipinski definition) is 2. The molecule has 0 heterocycles. The average molecular weight is 385 g/mol. The number of aliphatic carboxylic acids is 1. The molecule has 1 aromatic rings. The van der Waals surface area contributed by atoms with Gasteiger partial charge in [0.1, 0.15) is 11.2 Å². The van der Waals surface area contributed by atoms with Gasteiger partial charge in [0.15, 0.2) is 0 Å². The van der Waals surface area contributed by atoms with Crippen LogP contribution in [-0.4, -0.2) is 34.6 Å². The van der Waals surface area contributed by atoms with Gasteiger partial charge in [-0.3, -0.25) is 4.79 Å². The van der Waals surface area contributed by atoms with Crippen molar-refractivity contribution in [3.63, 3.8) is 0 Å². The van der Waals surface area contributed by atoms with Gasteiger partial charge in [-0.1, -0.05) is 25.1 Å². The van der Waals surface area contributed by atoms with Crippen LogP contribution >= 0.6 is 0 Å². The number of carbonyl (C=O) groups excluding carboxylic acids is 2. The van der Waals surface area contributed by atoms with Gasteiger partial charge in [-0.15, -0.1) is 0 Å². The predicted molar refractivity (Wildman–Crippen MR) is 102 cm³/mol. The molecule has 0 fully saturated rings. The van der Waals surface area contributed by atoms with Gasteiger partial charge in [-0.25, -0.2) is 9.59 Å². The average Bonchev–Trinajstić information content (AvgIpc) is 2.44. The summed E-state index contributed by atoms with van der Waals surface area (Å²) in [5.74, 6) is -0.745. The Kier molecular flexibility index (Phi) is 12.3. The molecule has 0 aliphatic rings. The van der Waals surface area contributed by atoms with Crippen molar-refractivity contribution in [2.75, 3.05) is 5.73 Å². The minimum Gasteiger partial charge on any atom is -0.481 e. The number of nitrogen functional groups attached to an aromatic ring is 1. The minimum absolute atomic E-state index is 0.222. The topological polar surface area (TPSA) is 125 Å². The van der Waals surface area contributed by atoms with Crippen molar-refractivity contribution >= 4 is 24.0 Å². The van der Waals surface area contributed by atoms with Crippen LogP contribution in [0, 0.1) is 0 Å². The number of carboxylic acids is 1. The van der Waals surface area contributed by atoms with E-state index in [1.165, 1.54) is 0 Å². The van der Waals surface area contributed by atoms with Crippen molar-refractivity contribution in [3.8, 4) is 0 Å². The molecule has 1 rings (SSSR count). The van der Waals surface area contributed by atoms with E-state index in [-0.39, 0.29) is 6.42 Å². The Balaban J connectivity index is 0. The maximum absolute atomic E-state index is 11.0. The SMILES string of the molecule is CC(C)(C)OC(=O)OC(=O)OC(C)(C)C.CCC(=O)O.Nc1ccccc1. The highest BCUT2D eigenvalue weighted by Crippen LogP contribution is 2.11.